The van der Waals surface area contributed by atoms with E-state index in [1.165, 1.54) is 11.3 Å². The van der Waals surface area contributed by atoms with Gasteiger partial charge in [-0.15, -0.1) is 10.2 Å². The van der Waals surface area contributed by atoms with Crippen molar-refractivity contribution in [1.29, 1.82) is 0 Å². The number of hydrogen-bond acceptors (Lipinski definition) is 11. The molecule has 4 fully saturated rings. The molecule has 3 N–H and O–H groups in total. The van der Waals surface area contributed by atoms with Crippen LogP contribution in [0.25, 0.3) is 0 Å². The summed E-state index contributed by atoms with van der Waals surface area (Å²) in [4.78, 5) is 69.5. The first-order valence-electron chi connectivity index (χ1n) is 14.9. The number of amides is 5. The van der Waals surface area contributed by atoms with Crippen molar-refractivity contribution in [1.82, 2.24) is 25.3 Å². The highest BCUT2D eigenvalue weighted by Crippen LogP contribution is 2.43. The summed E-state index contributed by atoms with van der Waals surface area (Å²) in [5, 5.41) is 11.3. The first-order valence-corrected chi connectivity index (χ1v) is 15.7. The predicted molar refractivity (Wildman–Crippen MR) is 157 cm³/mol. The largest absolute Gasteiger partial charge is 0.371 e. The van der Waals surface area contributed by atoms with Gasteiger partial charge < -0.3 is 20.4 Å². The van der Waals surface area contributed by atoms with Crippen LogP contribution < -0.4 is 20.9 Å². The van der Waals surface area contributed by atoms with Crippen LogP contribution in [0.3, 0.4) is 0 Å². The fourth-order valence-electron chi connectivity index (χ4n) is 7.26. The fourth-order valence-corrected chi connectivity index (χ4v) is 7.96. The molecule has 1 aromatic heterocycles. The Morgan fingerprint density at radius 1 is 0.953 bits per heavy atom. The van der Waals surface area contributed by atoms with Crippen molar-refractivity contribution >= 4 is 51.7 Å². The van der Waals surface area contributed by atoms with Crippen molar-refractivity contribution in [3.63, 3.8) is 0 Å². The van der Waals surface area contributed by atoms with Crippen LogP contribution in [0.5, 0.6) is 0 Å². The molecule has 0 saturated carbocycles. The van der Waals surface area contributed by atoms with Crippen molar-refractivity contribution in [3.05, 3.63) is 34.3 Å². The Morgan fingerprint density at radius 2 is 1.67 bits per heavy atom. The molecule has 4 saturated heterocycles. The maximum absolute atomic E-state index is 13.2. The number of benzene rings is 1. The number of anilines is 2. The molecule has 2 aromatic rings. The van der Waals surface area contributed by atoms with Gasteiger partial charge in [-0.1, -0.05) is 11.3 Å². The number of nitrogens with one attached hydrogen (secondary N) is 1. The standard InChI is InChI=1S/C29H34N8O5S/c30-23(39)25-32-33-28(43-25)36-15-29(16-36)7-11-34(12-8-29)14-17-5-9-35(10-6-17)18-1-2-19-20(13-18)27(42)37(26(19)41)21-3-4-22(38)31-24(21)40/h1-2,13,17,21H,3-12,14-16H2,(H2,30,39)(H,31,38,40). The number of primary amides is 1. The van der Waals surface area contributed by atoms with E-state index >= 15 is 0 Å². The van der Waals surface area contributed by atoms with Crippen LogP contribution in [0, 0.1) is 11.3 Å². The van der Waals surface area contributed by atoms with Crippen LogP contribution >= 0.6 is 11.3 Å². The third kappa shape index (κ3) is 5.05. The van der Waals surface area contributed by atoms with Gasteiger partial charge in [0.25, 0.3) is 17.7 Å². The molecular formula is C29H34N8O5S. The maximum atomic E-state index is 13.2. The molecule has 0 bridgehead atoms. The summed E-state index contributed by atoms with van der Waals surface area (Å²) < 4.78 is 0. The summed E-state index contributed by atoms with van der Waals surface area (Å²) in [6.07, 6.45) is 4.67. The van der Waals surface area contributed by atoms with E-state index in [4.69, 9.17) is 5.73 Å². The Bertz CT molecular complexity index is 1500. The van der Waals surface area contributed by atoms with Crippen LogP contribution in [0.2, 0.25) is 0 Å². The molecule has 5 aliphatic heterocycles. The Balaban J connectivity index is 0.894. The van der Waals surface area contributed by atoms with Gasteiger partial charge in [0.05, 0.1) is 11.1 Å². The molecule has 0 radical (unpaired) electrons. The minimum absolute atomic E-state index is 0.104. The Morgan fingerprint density at radius 3 is 2.35 bits per heavy atom. The lowest BCUT2D eigenvalue weighted by atomic mass is 9.72. The van der Waals surface area contributed by atoms with Gasteiger partial charge >= 0.3 is 0 Å². The number of carbonyl (C=O) groups excluding carboxylic acids is 5. The molecule has 1 spiro atoms. The summed E-state index contributed by atoms with van der Waals surface area (Å²) >= 11 is 1.26. The maximum Gasteiger partial charge on any atom is 0.279 e. The van der Waals surface area contributed by atoms with Crippen LogP contribution in [0.4, 0.5) is 10.8 Å². The van der Waals surface area contributed by atoms with Crippen LogP contribution in [-0.2, 0) is 9.59 Å². The Kier molecular flexibility index (Phi) is 6.92. The summed E-state index contributed by atoms with van der Waals surface area (Å²) in [7, 11) is 0. The number of rotatable bonds is 6. The van der Waals surface area contributed by atoms with E-state index in [1.54, 1.807) is 12.1 Å². The van der Waals surface area contributed by atoms with Gasteiger partial charge in [-0.25, -0.2) is 0 Å². The topological polar surface area (TPSA) is 162 Å². The van der Waals surface area contributed by atoms with Crippen molar-refractivity contribution in [2.24, 2.45) is 17.1 Å². The van der Waals surface area contributed by atoms with E-state index in [0.717, 1.165) is 87.2 Å². The predicted octanol–water partition coefficient (Wildman–Crippen LogP) is 0.857. The Labute approximate surface area is 252 Å². The molecule has 0 aliphatic carbocycles. The van der Waals surface area contributed by atoms with E-state index in [1.807, 2.05) is 6.07 Å². The normalized spacial score (nSPS) is 24.4. The van der Waals surface area contributed by atoms with Crippen molar-refractivity contribution < 1.29 is 24.0 Å². The Hall–Kier alpha value is -3.91. The van der Waals surface area contributed by atoms with E-state index in [0.29, 0.717) is 22.5 Å². The highest BCUT2D eigenvalue weighted by molar-refractivity contribution is 7.17. The average molecular weight is 607 g/mol. The molecule has 43 heavy (non-hydrogen) atoms. The van der Waals surface area contributed by atoms with E-state index in [9.17, 15) is 24.0 Å². The number of fused-ring (bicyclic) bond motifs is 1. The number of aromatic nitrogens is 2. The monoisotopic (exact) mass is 606 g/mol. The fraction of sp³-hybridized carbons (Fsp3) is 0.552. The molecule has 1 atom stereocenters. The lowest BCUT2D eigenvalue weighted by molar-refractivity contribution is -0.136. The van der Waals surface area contributed by atoms with Gasteiger partial charge in [0.1, 0.15) is 6.04 Å². The zero-order valence-corrected chi connectivity index (χ0v) is 24.6. The van der Waals surface area contributed by atoms with E-state index in [-0.39, 0.29) is 23.8 Å². The molecule has 1 unspecified atom stereocenters. The molecule has 13 nitrogen and oxygen atoms in total. The van der Waals surface area contributed by atoms with Crippen molar-refractivity contribution in [2.45, 2.75) is 44.6 Å². The number of imide groups is 2. The van der Waals surface area contributed by atoms with Crippen molar-refractivity contribution in [3.8, 4) is 0 Å². The minimum Gasteiger partial charge on any atom is -0.371 e. The number of piperidine rings is 3. The lowest BCUT2D eigenvalue weighted by Crippen LogP contribution is -2.60. The number of nitrogens with zero attached hydrogens (tertiary/aromatic N) is 6. The quantitative estimate of drug-likeness (QED) is 0.451. The third-order valence-electron chi connectivity index (χ3n) is 9.78. The van der Waals surface area contributed by atoms with Crippen LogP contribution in [-0.4, -0.2) is 101 Å². The summed E-state index contributed by atoms with van der Waals surface area (Å²) in [5.41, 5.74) is 7.18. The average Bonchev–Trinajstić information content (AvgIpc) is 3.56. The molecular weight excluding hydrogens is 572 g/mol. The van der Waals surface area contributed by atoms with Gasteiger partial charge in [-0.2, -0.15) is 0 Å². The second kappa shape index (κ2) is 10.7. The number of carbonyl (C=O) groups is 5. The van der Waals surface area contributed by atoms with Gasteiger partial charge in [-0.3, -0.25) is 34.2 Å². The van der Waals surface area contributed by atoms with Gasteiger partial charge in [0.15, 0.2) is 0 Å². The molecule has 14 heteroatoms. The van der Waals surface area contributed by atoms with E-state index < -0.39 is 29.7 Å². The van der Waals surface area contributed by atoms with E-state index in [2.05, 4.69) is 30.2 Å². The van der Waals surface area contributed by atoms with Gasteiger partial charge in [-0.05, 0) is 69.3 Å². The molecule has 1 aromatic carbocycles. The molecule has 5 aliphatic rings. The second-order valence-corrected chi connectivity index (χ2v) is 13.5. The number of hydrogen-bond donors (Lipinski definition) is 2. The molecule has 6 heterocycles. The summed E-state index contributed by atoms with van der Waals surface area (Å²) in [6, 6.07) is 4.41. The zero-order valence-electron chi connectivity index (χ0n) is 23.8. The van der Waals surface area contributed by atoms with Gasteiger partial charge in [0.2, 0.25) is 22.0 Å². The zero-order chi connectivity index (χ0) is 29.9. The summed E-state index contributed by atoms with van der Waals surface area (Å²) in [6.45, 7) is 6.92. The van der Waals surface area contributed by atoms with Crippen molar-refractivity contribution in [2.75, 3.05) is 55.6 Å². The van der Waals surface area contributed by atoms with Crippen LogP contribution in [0.1, 0.15) is 69.0 Å². The highest BCUT2D eigenvalue weighted by atomic mass is 32.1. The lowest BCUT2D eigenvalue weighted by Gasteiger charge is -2.54. The molecule has 7 rings (SSSR count). The third-order valence-corrected chi connectivity index (χ3v) is 10.8. The number of likely N-dealkylation sites (tertiary alicyclic amines) is 1. The number of nitrogens with two attached hydrogens (primary N) is 1. The first-order chi connectivity index (χ1) is 20.7. The smallest absolute Gasteiger partial charge is 0.279 e. The van der Waals surface area contributed by atoms with Gasteiger partial charge in [0, 0.05) is 50.2 Å². The SMILES string of the molecule is NC(=O)c1nnc(N2CC3(CCN(CC4CCN(c5ccc6c(c5)C(=O)N(C5CCC(=O)NC5=O)C6=O)CC4)CC3)C2)s1. The second-order valence-electron chi connectivity index (χ2n) is 12.5. The molecule has 5 amide bonds. The minimum atomic E-state index is -0.955. The summed E-state index contributed by atoms with van der Waals surface area (Å²) in [5.74, 6) is -1.85. The first kappa shape index (κ1) is 27.9. The highest BCUT2D eigenvalue weighted by Gasteiger charge is 2.47. The van der Waals surface area contributed by atoms with Crippen LogP contribution in [0.15, 0.2) is 18.2 Å². The molecule has 226 valence electrons.